The van der Waals surface area contributed by atoms with Crippen LogP contribution in [0.2, 0.25) is 0 Å². The van der Waals surface area contributed by atoms with Crippen molar-refractivity contribution in [2.24, 2.45) is 5.41 Å². The molecule has 5 nitrogen and oxygen atoms in total. The Labute approximate surface area is 141 Å². The topological polar surface area (TPSA) is 58.1 Å². The third-order valence-electron chi connectivity index (χ3n) is 4.66. The van der Waals surface area contributed by atoms with Gasteiger partial charge in [0.15, 0.2) is 5.82 Å². The molecule has 2 aliphatic rings. The van der Waals surface area contributed by atoms with E-state index in [-0.39, 0.29) is 11.3 Å². The molecular formula is C16H16F2N4OS. The molecule has 2 aliphatic heterocycles. The van der Waals surface area contributed by atoms with Crippen LogP contribution in [0.5, 0.6) is 0 Å². The lowest BCUT2D eigenvalue weighted by molar-refractivity contribution is -0.119. The van der Waals surface area contributed by atoms with Crippen LogP contribution in [0.4, 0.5) is 13.9 Å². The molecule has 8 heteroatoms. The molecule has 1 N–H and O–H groups in total. The van der Waals surface area contributed by atoms with Crippen LogP contribution in [0.3, 0.4) is 0 Å². The lowest BCUT2D eigenvalue weighted by Crippen LogP contribution is -2.44. The number of hydrogen-bond acceptors (Lipinski definition) is 5. The van der Waals surface area contributed by atoms with E-state index in [1.54, 1.807) is 0 Å². The highest BCUT2D eigenvalue weighted by Gasteiger charge is 2.42. The smallest absolute Gasteiger partial charge is 0.220 e. The van der Waals surface area contributed by atoms with Crippen molar-refractivity contribution in [2.45, 2.75) is 19.3 Å². The number of carbonyl (C=O) groups excluding carboxylic acids is 1. The zero-order chi connectivity index (χ0) is 16.7. The van der Waals surface area contributed by atoms with Gasteiger partial charge in [-0.3, -0.25) is 4.79 Å². The maximum absolute atomic E-state index is 13.4. The zero-order valence-corrected chi connectivity index (χ0v) is 13.7. The van der Waals surface area contributed by atoms with E-state index in [2.05, 4.69) is 19.6 Å². The van der Waals surface area contributed by atoms with Crippen molar-refractivity contribution >= 4 is 22.6 Å². The minimum Gasteiger partial charge on any atom is -0.355 e. The number of aromatic nitrogens is 2. The third kappa shape index (κ3) is 2.86. The molecule has 0 aliphatic carbocycles. The number of anilines is 1. The average molecular weight is 350 g/mol. The maximum atomic E-state index is 13.4. The van der Waals surface area contributed by atoms with E-state index in [0.717, 1.165) is 37.1 Å². The van der Waals surface area contributed by atoms with E-state index in [4.69, 9.17) is 0 Å². The van der Waals surface area contributed by atoms with Gasteiger partial charge in [-0.05, 0) is 25.0 Å². The lowest BCUT2D eigenvalue weighted by atomic mass is 9.79. The van der Waals surface area contributed by atoms with Crippen molar-refractivity contribution in [3.8, 4) is 11.4 Å². The van der Waals surface area contributed by atoms with Gasteiger partial charge in [0.1, 0.15) is 11.6 Å². The molecule has 2 fully saturated rings. The van der Waals surface area contributed by atoms with E-state index in [9.17, 15) is 13.6 Å². The van der Waals surface area contributed by atoms with Gasteiger partial charge >= 0.3 is 0 Å². The van der Waals surface area contributed by atoms with E-state index < -0.39 is 11.6 Å². The largest absolute Gasteiger partial charge is 0.355 e. The molecule has 2 saturated heterocycles. The predicted molar refractivity (Wildman–Crippen MR) is 86.8 cm³/mol. The Kier molecular flexibility index (Phi) is 3.71. The molecule has 126 valence electrons. The Morgan fingerprint density at radius 1 is 1.25 bits per heavy atom. The minimum absolute atomic E-state index is 0.0356. The van der Waals surface area contributed by atoms with Gasteiger partial charge in [0.2, 0.25) is 11.0 Å². The molecule has 4 rings (SSSR count). The number of benzene rings is 1. The third-order valence-corrected chi connectivity index (χ3v) is 5.44. The van der Waals surface area contributed by atoms with Gasteiger partial charge in [-0.2, -0.15) is 9.36 Å². The van der Waals surface area contributed by atoms with Gasteiger partial charge in [0.25, 0.3) is 0 Å². The summed E-state index contributed by atoms with van der Waals surface area (Å²) >= 11 is 1.22. The highest BCUT2D eigenvalue weighted by Crippen LogP contribution is 2.38. The van der Waals surface area contributed by atoms with Crippen LogP contribution in [0.15, 0.2) is 18.2 Å². The number of rotatable bonds is 2. The van der Waals surface area contributed by atoms with E-state index in [1.807, 2.05) is 0 Å². The Balaban J connectivity index is 1.57. The molecule has 0 radical (unpaired) electrons. The molecule has 1 atom stereocenters. The maximum Gasteiger partial charge on any atom is 0.220 e. The highest BCUT2D eigenvalue weighted by molar-refractivity contribution is 7.09. The van der Waals surface area contributed by atoms with Crippen molar-refractivity contribution in [1.29, 1.82) is 0 Å². The van der Waals surface area contributed by atoms with Crippen LogP contribution in [-0.4, -0.2) is 34.9 Å². The number of hydrogen-bond donors (Lipinski definition) is 1. The summed E-state index contributed by atoms with van der Waals surface area (Å²) in [6, 6.07) is 3.29. The number of carbonyl (C=O) groups is 1. The minimum atomic E-state index is -0.645. The second-order valence-corrected chi connectivity index (χ2v) is 7.27. The predicted octanol–water partition coefficient (Wildman–Crippen LogP) is 2.59. The SMILES string of the molecule is O=C1CC2(CCCN(c3nc(-c4cc(F)cc(F)c4)ns3)C2)CN1. The van der Waals surface area contributed by atoms with Crippen molar-refractivity contribution in [3.63, 3.8) is 0 Å². The first-order chi connectivity index (χ1) is 11.5. The summed E-state index contributed by atoms with van der Waals surface area (Å²) in [5.41, 5.74) is 0.297. The summed E-state index contributed by atoms with van der Waals surface area (Å²) in [4.78, 5) is 18.2. The highest BCUT2D eigenvalue weighted by atomic mass is 32.1. The van der Waals surface area contributed by atoms with Crippen LogP contribution >= 0.6 is 11.5 Å². The van der Waals surface area contributed by atoms with Gasteiger partial charge in [-0.15, -0.1) is 0 Å². The summed E-state index contributed by atoms with van der Waals surface area (Å²) in [5.74, 6) is -0.860. The molecule has 3 heterocycles. The molecule has 1 amide bonds. The monoisotopic (exact) mass is 350 g/mol. The van der Waals surface area contributed by atoms with Crippen LogP contribution < -0.4 is 10.2 Å². The lowest BCUT2D eigenvalue weighted by Gasteiger charge is -2.38. The summed E-state index contributed by atoms with van der Waals surface area (Å²) < 4.78 is 31.0. The second-order valence-electron chi connectivity index (χ2n) is 6.54. The first-order valence-corrected chi connectivity index (χ1v) is 8.62. The van der Waals surface area contributed by atoms with Gasteiger partial charge in [-0.1, -0.05) is 0 Å². The van der Waals surface area contributed by atoms with Crippen LogP contribution in [0.25, 0.3) is 11.4 Å². The standard InChI is InChI=1S/C16H16F2N4OS/c17-11-4-10(5-12(18)6-11)14-20-15(24-21-14)22-3-1-2-16(9-22)7-13(23)19-8-16/h4-6H,1-3,7-9H2,(H,19,23). The summed E-state index contributed by atoms with van der Waals surface area (Å²) in [6.45, 7) is 2.29. The van der Waals surface area contributed by atoms with Crippen LogP contribution in [0.1, 0.15) is 19.3 Å². The molecule has 1 unspecified atom stereocenters. The summed E-state index contributed by atoms with van der Waals surface area (Å²) in [7, 11) is 0. The number of halogens is 2. The van der Waals surface area contributed by atoms with Gasteiger partial charge in [-0.25, -0.2) is 8.78 Å². The molecule has 1 aromatic carbocycles. The van der Waals surface area contributed by atoms with E-state index >= 15 is 0 Å². The number of piperidine rings is 1. The van der Waals surface area contributed by atoms with Crippen molar-refractivity contribution in [1.82, 2.24) is 14.7 Å². The zero-order valence-electron chi connectivity index (χ0n) is 12.9. The summed E-state index contributed by atoms with van der Waals surface area (Å²) in [5, 5.41) is 3.64. The average Bonchev–Trinajstić information content (AvgIpc) is 3.14. The molecule has 1 aromatic heterocycles. The Morgan fingerprint density at radius 2 is 2.04 bits per heavy atom. The number of nitrogens with zero attached hydrogens (tertiary/aromatic N) is 3. The Bertz CT molecular complexity index is 776. The van der Waals surface area contributed by atoms with Crippen molar-refractivity contribution in [3.05, 3.63) is 29.8 Å². The molecule has 0 bridgehead atoms. The van der Waals surface area contributed by atoms with Crippen molar-refractivity contribution in [2.75, 3.05) is 24.5 Å². The number of nitrogens with one attached hydrogen (secondary N) is 1. The Morgan fingerprint density at radius 3 is 2.75 bits per heavy atom. The first-order valence-electron chi connectivity index (χ1n) is 7.85. The van der Waals surface area contributed by atoms with Crippen molar-refractivity contribution < 1.29 is 13.6 Å². The first kappa shape index (κ1) is 15.4. The second kappa shape index (κ2) is 5.77. The Hall–Kier alpha value is -2.09. The van der Waals surface area contributed by atoms with E-state index in [0.29, 0.717) is 24.4 Å². The van der Waals surface area contributed by atoms with Gasteiger partial charge < -0.3 is 10.2 Å². The quantitative estimate of drug-likeness (QED) is 0.904. The fraction of sp³-hybridized carbons (Fsp3) is 0.438. The fourth-order valence-electron chi connectivity index (χ4n) is 3.56. The van der Waals surface area contributed by atoms with Crippen LogP contribution in [-0.2, 0) is 4.79 Å². The van der Waals surface area contributed by atoms with Gasteiger partial charge in [0.05, 0.1) is 0 Å². The summed E-state index contributed by atoms with van der Waals surface area (Å²) in [6.07, 6.45) is 2.55. The normalized spacial score (nSPS) is 23.8. The molecule has 0 saturated carbocycles. The number of amides is 1. The van der Waals surface area contributed by atoms with E-state index in [1.165, 1.54) is 23.7 Å². The van der Waals surface area contributed by atoms with Gasteiger partial charge in [0, 0.05) is 54.6 Å². The fourth-order valence-corrected chi connectivity index (χ4v) is 4.27. The molecule has 2 aromatic rings. The molecular weight excluding hydrogens is 334 g/mol. The molecule has 24 heavy (non-hydrogen) atoms. The molecule has 1 spiro atoms. The van der Waals surface area contributed by atoms with Crippen LogP contribution in [0, 0.1) is 17.0 Å².